The number of rotatable bonds is 5. The molecule has 0 heterocycles. The van der Waals surface area contributed by atoms with Crippen LogP contribution in [0.1, 0.15) is 32.1 Å². The Labute approximate surface area is 132 Å². The minimum atomic E-state index is -0.445. The van der Waals surface area contributed by atoms with E-state index in [0.29, 0.717) is 17.5 Å². The molecule has 0 aromatic heterocycles. The average molecular weight is 308 g/mol. The van der Waals surface area contributed by atoms with Crippen molar-refractivity contribution in [1.82, 2.24) is 5.32 Å². The molecule has 0 aromatic carbocycles. The van der Waals surface area contributed by atoms with Gasteiger partial charge in [-0.1, -0.05) is 50.6 Å². The quantitative estimate of drug-likeness (QED) is 0.350. The Morgan fingerprint density at radius 1 is 1.38 bits per heavy atom. The van der Waals surface area contributed by atoms with Crippen molar-refractivity contribution < 1.29 is 9.53 Å². The summed E-state index contributed by atoms with van der Waals surface area (Å²) in [6, 6.07) is 0. The number of aliphatic imine (C=N–C) groups is 1. The van der Waals surface area contributed by atoms with E-state index in [-0.39, 0.29) is 0 Å². The number of nitrogens with one attached hydrogen (secondary N) is 1. The Morgan fingerprint density at radius 2 is 2.05 bits per heavy atom. The summed E-state index contributed by atoms with van der Waals surface area (Å²) in [4.78, 5) is 15.0. The second-order valence-corrected chi connectivity index (χ2v) is 5.45. The zero-order chi connectivity index (χ0) is 15.7. The first-order chi connectivity index (χ1) is 10.1. The lowest BCUT2D eigenvalue weighted by atomic mass is 9.88. The predicted molar refractivity (Wildman–Crippen MR) is 90.8 cm³/mol. The largest absolute Gasteiger partial charge is 0.481 e. The van der Waals surface area contributed by atoms with Crippen LogP contribution in [0, 0.1) is 5.92 Å². The topological polar surface area (TPSA) is 50.7 Å². The van der Waals surface area contributed by atoms with Gasteiger partial charge in [-0.3, -0.25) is 9.79 Å². The van der Waals surface area contributed by atoms with Crippen LogP contribution in [-0.4, -0.2) is 25.3 Å². The summed E-state index contributed by atoms with van der Waals surface area (Å²) < 4.78 is 5.26. The molecule has 1 N–H and O–H groups in total. The molecule has 116 valence electrons. The Kier molecular flexibility index (Phi) is 7.90. The summed E-state index contributed by atoms with van der Waals surface area (Å²) in [7, 11) is 3.24. The van der Waals surface area contributed by atoms with Crippen molar-refractivity contribution in [3.05, 3.63) is 36.1 Å². The van der Waals surface area contributed by atoms with Crippen LogP contribution < -0.4 is 5.32 Å². The molecule has 1 amide bonds. The van der Waals surface area contributed by atoms with Crippen LogP contribution in [0.2, 0.25) is 0 Å². The number of hydrogen-bond acceptors (Lipinski definition) is 3. The lowest BCUT2D eigenvalue weighted by Gasteiger charge is -2.18. The Hall–Kier alpha value is -1.49. The van der Waals surface area contributed by atoms with E-state index in [2.05, 4.69) is 35.6 Å². The highest BCUT2D eigenvalue weighted by atomic mass is 32.1. The third-order valence-electron chi connectivity index (χ3n) is 3.44. The average Bonchev–Trinajstić information content (AvgIpc) is 2.46. The van der Waals surface area contributed by atoms with Crippen molar-refractivity contribution in [3.8, 4) is 0 Å². The molecule has 1 aliphatic carbocycles. The number of methoxy groups -OCH3 is 1. The van der Waals surface area contributed by atoms with E-state index in [4.69, 9.17) is 4.74 Å². The van der Waals surface area contributed by atoms with Crippen molar-refractivity contribution in [1.29, 1.82) is 0 Å². The molecule has 0 bridgehead atoms. The van der Waals surface area contributed by atoms with Crippen LogP contribution >= 0.6 is 12.6 Å². The summed E-state index contributed by atoms with van der Waals surface area (Å²) in [6.07, 6.45) is 12.3. The molecule has 0 aliphatic heterocycles. The van der Waals surface area contributed by atoms with Crippen LogP contribution in [0.5, 0.6) is 0 Å². The molecule has 1 saturated carbocycles. The van der Waals surface area contributed by atoms with Gasteiger partial charge in [-0.15, -0.1) is 0 Å². The molecule has 0 unspecified atom stereocenters. The van der Waals surface area contributed by atoms with Gasteiger partial charge >= 0.3 is 0 Å². The van der Waals surface area contributed by atoms with Gasteiger partial charge in [-0.2, -0.15) is 0 Å². The normalized spacial score (nSPS) is 17.9. The van der Waals surface area contributed by atoms with E-state index in [9.17, 15) is 4.79 Å². The molecular weight excluding hydrogens is 284 g/mol. The summed E-state index contributed by atoms with van der Waals surface area (Å²) in [5.74, 6) is 1.11. The maximum atomic E-state index is 10.9. The van der Waals surface area contributed by atoms with Gasteiger partial charge in [0, 0.05) is 18.3 Å². The smallest absolute Gasteiger partial charge is 0.280 e. The standard InChI is InChI=1S/C16H24N2O2S/c1-12(18-16(19)21)11-14(15(17-2)20-3)10-9-13-7-5-4-6-8-13/h9-11,13H,1,4-8H2,2-3H3,(H2,18,19,21)/b10-9+,14-11-,17-15+. The number of carbonyl (C=O) groups is 1. The fourth-order valence-corrected chi connectivity index (χ4v) is 2.59. The molecule has 1 fully saturated rings. The van der Waals surface area contributed by atoms with E-state index in [1.807, 2.05) is 6.08 Å². The number of ether oxygens (including phenoxy) is 1. The fourth-order valence-electron chi connectivity index (χ4n) is 2.45. The number of allylic oxidation sites excluding steroid dienone is 2. The van der Waals surface area contributed by atoms with Gasteiger partial charge in [0.2, 0.25) is 5.90 Å². The molecule has 5 heteroatoms. The molecule has 0 atom stereocenters. The van der Waals surface area contributed by atoms with Crippen LogP contribution in [0.15, 0.2) is 41.1 Å². The monoisotopic (exact) mass is 308 g/mol. The first-order valence-electron chi connectivity index (χ1n) is 7.16. The fraction of sp³-hybridized carbons (Fsp3) is 0.500. The summed E-state index contributed by atoms with van der Waals surface area (Å²) in [6.45, 7) is 3.78. The first-order valence-corrected chi connectivity index (χ1v) is 7.61. The van der Waals surface area contributed by atoms with Crippen LogP contribution in [0.4, 0.5) is 4.79 Å². The molecule has 21 heavy (non-hydrogen) atoms. The van der Waals surface area contributed by atoms with E-state index in [1.54, 1.807) is 20.2 Å². The van der Waals surface area contributed by atoms with Gasteiger partial charge in [0.15, 0.2) is 0 Å². The minimum Gasteiger partial charge on any atom is -0.481 e. The van der Waals surface area contributed by atoms with Gasteiger partial charge in [-0.05, 0) is 24.8 Å². The highest BCUT2D eigenvalue weighted by molar-refractivity contribution is 7.96. The van der Waals surface area contributed by atoms with Crippen molar-refractivity contribution in [2.45, 2.75) is 32.1 Å². The van der Waals surface area contributed by atoms with Crippen LogP contribution in [0.3, 0.4) is 0 Å². The predicted octanol–water partition coefficient (Wildman–Crippen LogP) is 3.88. The number of amides is 1. The number of nitrogens with zero attached hydrogens (tertiary/aromatic N) is 1. The van der Waals surface area contributed by atoms with Gasteiger partial charge in [-0.25, -0.2) is 0 Å². The molecular formula is C16H24N2O2S. The van der Waals surface area contributed by atoms with Crippen LogP contribution in [-0.2, 0) is 4.74 Å². The lowest BCUT2D eigenvalue weighted by Crippen LogP contribution is -2.15. The summed E-state index contributed by atoms with van der Waals surface area (Å²) in [5, 5.41) is 2.08. The maximum absolute atomic E-state index is 10.9. The zero-order valence-electron chi connectivity index (χ0n) is 12.8. The van der Waals surface area contributed by atoms with Crippen molar-refractivity contribution in [2.75, 3.05) is 14.2 Å². The zero-order valence-corrected chi connectivity index (χ0v) is 13.7. The summed E-state index contributed by atoms with van der Waals surface area (Å²) >= 11 is 3.67. The first kappa shape index (κ1) is 17.6. The Bertz CT molecular complexity index is 461. The third-order valence-corrected chi connectivity index (χ3v) is 3.55. The molecule has 0 radical (unpaired) electrons. The lowest BCUT2D eigenvalue weighted by molar-refractivity contribution is 0.263. The SMILES string of the molecule is C=C(/C=C(/C=C/C1CCCCC1)C(=N/C)\OC)NC(=O)S. The summed E-state index contributed by atoms with van der Waals surface area (Å²) in [5.41, 5.74) is 1.24. The molecule has 0 aromatic rings. The molecule has 0 saturated heterocycles. The second-order valence-electron chi connectivity index (χ2n) is 5.05. The maximum Gasteiger partial charge on any atom is 0.280 e. The number of carbonyl (C=O) groups excluding carboxylic acids is 1. The Morgan fingerprint density at radius 3 is 2.57 bits per heavy atom. The van der Waals surface area contributed by atoms with E-state index < -0.39 is 5.24 Å². The minimum absolute atomic E-state index is 0.445. The van der Waals surface area contributed by atoms with Gasteiger partial charge in [0.1, 0.15) is 0 Å². The van der Waals surface area contributed by atoms with Crippen molar-refractivity contribution in [2.24, 2.45) is 10.9 Å². The van der Waals surface area contributed by atoms with Crippen molar-refractivity contribution in [3.63, 3.8) is 0 Å². The molecule has 1 aliphatic rings. The van der Waals surface area contributed by atoms with Crippen LogP contribution in [0.25, 0.3) is 0 Å². The molecule has 1 rings (SSSR count). The highest BCUT2D eigenvalue weighted by Gasteiger charge is 2.11. The van der Waals surface area contributed by atoms with Gasteiger partial charge in [0.05, 0.1) is 7.11 Å². The van der Waals surface area contributed by atoms with Gasteiger partial charge in [0.25, 0.3) is 5.24 Å². The molecule has 0 spiro atoms. The Balaban J connectivity index is 2.86. The van der Waals surface area contributed by atoms with E-state index >= 15 is 0 Å². The van der Waals surface area contributed by atoms with E-state index in [1.165, 1.54) is 32.1 Å². The number of hydrogen-bond donors (Lipinski definition) is 2. The second kappa shape index (κ2) is 9.45. The number of thiol groups is 1. The third kappa shape index (κ3) is 6.67. The van der Waals surface area contributed by atoms with Gasteiger partial charge < -0.3 is 10.1 Å². The molecule has 4 nitrogen and oxygen atoms in total. The highest BCUT2D eigenvalue weighted by Crippen LogP contribution is 2.25. The van der Waals surface area contributed by atoms with Crippen molar-refractivity contribution >= 4 is 23.8 Å². The van der Waals surface area contributed by atoms with E-state index in [0.717, 1.165) is 5.57 Å².